The van der Waals surface area contributed by atoms with Gasteiger partial charge in [0.15, 0.2) is 5.69 Å². The van der Waals surface area contributed by atoms with Gasteiger partial charge in [0.1, 0.15) is 5.82 Å². The Morgan fingerprint density at radius 2 is 2.00 bits per heavy atom. The Kier molecular flexibility index (Phi) is 2.82. The second kappa shape index (κ2) is 4.29. The monoisotopic (exact) mass is 230 g/mol. The van der Waals surface area contributed by atoms with Crippen LogP contribution in [0.15, 0.2) is 30.3 Å². The van der Waals surface area contributed by atoms with Crippen molar-refractivity contribution in [3.63, 3.8) is 0 Å². The molecule has 0 bridgehead atoms. The van der Waals surface area contributed by atoms with E-state index in [9.17, 15) is 4.79 Å². The molecule has 0 aliphatic rings. The fourth-order valence-electron chi connectivity index (χ4n) is 1.42. The quantitative estimate of drug-likeness (QED) is 0.822. The van der Waals surface area contributed by atoms with E-state index in [4.69, 9.17) is 5.73 Å². The Labute approximate surface area is 99.2 Å². The molecule has 0 atom stereocenters. The number of nitrogen functional groups attached to an aromatic ring is 1. The summed E-state index contributed by atoms with van der Waals surface area (Å²) in [7, 11) is 1.69. The van der Waals surface area contributed by atoms with Gasteiger partial charge in [-0.15, -0.1) is 0 Å². The molecular weight excluding hydrogens is 216 g/mol. The highest BCUT2D eigenvalue weighted by molar-refractivity contribution is 6.03. The van der Waals surface area contributed by atoms with E-state index < -0.39 is 0 Å². The lowest BCUT2D eigenvalue weighted by Gasteiger charge is -2.02. The lowest BCUT2D eigenvalue weighted by molar-refractivity contribution is 0.102. The molecule has 1 amide bonds. The number of hydrogen-bond donors (Lipinski definition) is 2. The first-order valence-corrected chi connectivity index (χ1v) is 5.24. The smallest absolute Gasteiger partial charge is 0.276 e. The van der Waals surface area contributed by atoms with Gasteiger partial charge in [-0.3, -0.25) is 9.48 Å². The fraction of sp³-hybridized carbons (Fsp3) is 0.167. The SMILES string of the molecule is Cc1ccc(NC(=O)c2cc(N)n(C)n2)cc1. The van der Waals surface area contributed by atoms with Crippen LogP contribution in [-0.2, 0) is 7.05 Å². The van der Waals surface area contributed by atoms with Crippen LogP contribution in [0.1, 0.15) is 16.1 Å². The first kappa shape index (κ1) is 11.2. The van der Waals surface area contributed by atoms with Crippen LogP contribution in [-0.4, -0.2) is 15.7 Å². The summed E-state index contributed by atoms with van der Waals surface area (Å²) >= 11 is 0. The minimum Gasteiger partial charge on any atom is -0.384 e. The maximum absolute atomic E-state index is 11.8. The van der Waals surface area contributed by atoms with Crippen molar-refractivity contribution in [2.24, 2.45) is 7.05 Å². The van der Waals surface area contributed by atoms with Gasteiger partial charge in [-0.05, 0) is 19.1 Å². The summed E-state index contributed by atoms with van der Waals surface area (Å²) in [4.78, 5) is 11.8. The number of nitrogens with one attached hydrogen (secondary N) is 1. The number of benzene rings is 1. The lowest BCUT2D eigenvalue weighted by atomic mass is 10.2. The van der Waals surface area contributed by atoms with Crippen LogP contribution in [0.5, 0.6) is 0 Å². The third-order valence-corrected chi connectivity index (χ3v) is 2.46. The summed E-state index contributed by atoms with van der Waals surface area (Å²) in [5.41, 5.74) is 7.81. The van der Waals surface area contributed by atoms with E-state index in [1.807, 2.05) is 31.2 Å². The summed E-state index contributed by atoms with van der Waals surface area (Å²) in [6, 6.07) is 9.10. The number of amides is 1. The molecule has 0 spiro atoms. The maximum atomic E-state index is 11.8. The Balaban J connectivity index is 2.14. The molecule has 2 aromatic rings. The number of hydrogen-bond acceptors (Lipinski definition) is 3. The Morgan fingerprint density at radius 3 is 2.53 bits per heavy atom. The molecule has 88 valence electrons. The number of nitrogens with two attached hydrogens (primary N) is 1. The van der Waals surface area contributed by atoms with E-state index in [-0.39, 0.29) is 5.91 Å². The van der Waals surface area contributed by atoms with Crippen molar-refractivity contribution in [2.45, 2.75) is 6.92 Å². The molecule has 1 heterocycles. The molecule has 17 heavy (non-hydrogen) atoms. The number of carbonyl (C=O) groups is 1. The molecule has 0 aliphatic heterocycles. The Bertz CT molecular complexity index is 523. The second-order valence-electron chi connectivity index (χ2n) is 3.90. The molecule has 0 saturated heterocycles. The Morgan fingerprint density at radius 1 is 1.35 bits per heavy atom. The zero-order valence-corrected chi connectivity index (χ0v) is 9.77. The van der Waals surface area contributed by atoms with Crippen molar-refractivity contribution in [3.05, 3.63) is 41.6 Å². The van der Waals surface area contributed by atoms with E-state index in [1.165, 1.54) is 4.68 Å². The predicted molar refractivity (Wildman–Crippen MR) is 66.8 cm³/mol. The van der Waals surface area contributed by atoms with Gasteiger partial charge in [0.25, 0.3) is 5.91 Å². The first-order valence-electron chi connectivity index (χ1n) is 5.24. The lowest BCUT2D eigenvalue weighted by Crippen LogP contribution is -2.12. The Hall–Kier alpha value is -2.30. The molecule has 1 aromatic carbocycles. The minimum atomic E-state index is -0.263. The van der Waals surface area contributed by atoms with Crippen molar-refractivity contribution in [2.75, 3.05) is 11.1 Å². The second-order valence-corrected chi connectivity index (χ2v) is 3.90. The summed E-state index contributed by atoms with van der Waals surface area (Å²) in [5.74, 6) is 0.195. The van der Waals surface area contributed by atoms with Gasteiger partial charge in [-0.2, -0.15) is 5.10 Å². The first-order chi connectivity index (χ1) is 8.06. The van der Waals surface area contributed by atoms with Crippen LogP contribution >= 0.6 is 0 Å². The van der Waals surface area contributed by atoms with Crippen LogP contribution in [0.2, 0.25) is 0 Å². The molecule has 0 saturated carbocycles. The summed E-state index contributed by atoms with van der Waals surface area (Å²) in [6.07, 6.45) is 0. The maximum Gasteiger partial charge on any atom is 0.276 e. The number of carbonyl (C=O) groups excluding carboxylic acids is 1. The largest absolute Gasteiger partial charge is 0.384 e. The van der Waals surface area contributed by atoms with Crippen LogP contribution in [0, 0.1) is 6.92 Å². The highest BCUT2D eigenvalue weighted by Gasteiger charge is 2.11. The average molecular weight is 230 g/mol. The van der Waals surface area contributed by atoms with Gasteiger partial charge >= 0.3 is 0 Å². The van der Waals surface area contributed by atoms with Crippen LogP contribution in [0.25, 0.3) is 0 Å². The van der Waals surface area contributed by atoms with E-state index in [2.05, 4.69) is 10.4 Å². The number of rotatable bonds is 2. The predicted octanol–water partition coefficient (Wildman–Crippen LogP) is 1.56. The topological polar surface area (TPSA) is 72.9 Å². The van der Waals surface area contributed by atoms with Crippen molar-refractivity contribution in [3.8, 4) is 0 Å². The molecule has 0 aliphatic carbocycles. The highest BCUT2D eigenvalue weighted by atomic mass is 16.1. The molecule has 0 fully saturated rings. The van der Waals surface area contributed by atoms with Gasteiger partial charge in [0, 0.05) is 18.8 Å². The molecule has 0 radical (unpaired) electrons. The van der Waals surface area contributed by atoms with E-state index in [0.717, 1.165) is 11.3 Å². The zero-order valence-electron chi connectivity index (χ0n) is 9.77. The number of anilines is 2. The highest BCUT2D eigenvalue weighted by Crippen LogP contribution is 2.11. The number of aromatic nitrogens is 2. The van der Waals surface area contributed by atoms with Crippen molar-refractivity contribution in [1.82, 2.24) is 9.78 Å². The van der Waals surface area contributed by atoms with Crippen LogP contribution < -0.4 is 11.1 Å². The van der Waals surface area contributed by atoms with Gasteiger partial charge in [-0.25, -0.2) is 0 Å². The van der Waals surface area contributed by atoms with E-state index in [1.54, 1.807) is 13.1 Å². The van der Waals surface area contributed by atoms with E-state index >= 15 is 0 Å². The molecule has 3 N–H and O–H groups in total. The van der Waals surface area contributed by atoms with Gasteiger partial charge in [0.2, 0.25) is 0 Å². The molecule has 2 rings (SSSR count). The fourth-order valence-corrected chi connectivity index (χ4v) is 1.42. The van der Waals surface area contributed by atoms with Gasteiger partial charge in [0.05, 0.1) is 0 Å². The van der Waals surface area contributed by atoms with E-state index in [0.29, 0.717) is 11.5 Å². The molecule has 5 nitrogen and oxygen atoms in total. The minimum absolute atomic E-state index is 0.263. The van der Waals surface area contributed by atoms with Crippen molar-refractivity contribution in [1.29, 1.82) is 0 Å². The average Bonchev–Trinajstić information content (AvgIpc) is 2.63. The number of aryl methyl sites for hydroxylation is 2. The zero-order chi connectivity index (χ0) is 12.4. The normalized spacial score (nSPS) is 10.2. The van der Waals surface area contributed by atoms with Crippen LogP contribution in [0.4, 0.5) is 11.5 Å². The number of nitrogens with zero attached hydrogens (tertiary/aromatic N) is 2. The molecule has 1 aromatic heterocycles. The molecule has 0 unspecified atom stereocenters. The van der Waals surface area contributed by atoms with Crippen LogP contribution in [0.3, 0.4) is 0 Å². The van der Waals surface area contributed by atoms with Gasteiger partial charge in [-0.1, -0.05) is 17.7 Å². The van der Waals surface area contributed by atoms with Gasteiger partial charge < -0.3 is 11.1 Å². The van der Waals surface area contributed by atoms with Crippen molar-refractivity contribution < 1.29 is 4.79 Å². The standard InChI is InChI=1S/C12H14N4O/c1-8-3-5-9(6-4-8)14-12(17)10-7-11(13)16(2)15-10/h3-7H,13H2,1-2H3,(H,14,17). The van der Waals surface area contributed by atoms with Crippen molar-refractivity contribution >= 4 is 17.4 Å². The third kappa shape index (κ3) is 2.44. The summed E-state index contributed by atoms with van der Waals surface area (Å²) in [5, 5.41) is 6.76. The summed E-state index contributed by atoms with van der Waals surface area (Å²) in [6.45, 7) is 1.99. The third-order valence-electron chi connectivity index (χ3n) is 2.46. The molecule has 5 heteroatoms. The summed E-state index contributed by atoms with van der Waals surface area (Å²) < 4.78 is 1.46. The molecular formula is C12H14N4O.